The van der Waals surface area contributed by atoms with Crippen LogP contribution in [0.1, 0.15) is 24.2 Å². The van der Waals surface area contributed by atoms with Gasteiger partial charge in [0, 0.05) is 32.7 Å². The minimum Gasteiger partial charge on any atom is -0.480 e. The molecule has 7 nitrogen and oxygen atoms in total. The van der Waals surface area contributed by atoms with Gasteiger partial charge in [-0.3, -0.25) is 4.79 Å². The zero-order chi connectivity index (χ0) is 18.4. The monoisotopic (exact) mass is 369 g/mol. The van der Waals surface area contributed by atoms with Crippen LogP contribution in [0.25, 0.3) is 0 Å². The van der Waals surface area contributed by atoms with Gasteiger partial charge in [0.1, 0.15) is 11.4 Å². The summed E-state index contributed by atoms with van der Waals surface area (Å²) < 4.78 is 5.29. The number of pyridine rings is 1. The van der Waals surface area contributed by atoms with Gasteiger partial charge < -0.3 is 25.2 Å². The second-order valence-electron chi connectivity index (χ2n) is 6.23. The highest BCUT2D eigenvalue weighted by Gasteiger charge is 2.24. The number of hydrogen-bond donors (Lipinski definition) is 2. The van der Waals surface area contributed by atoms with Crippen molar-refractivity contribution in [3.8, 4) is 5.88 Å². The summed E-state index contributed by atoms with van der Waals surface area (Å²) >= 11 is 6.24. The molecular formula is C17H28ClN5O2. The molecule has 1 atom stereocenters. The SMILES string of the molecule is CCNc1nc(OC)c(C(=O)NC2CN(C)CCN(CC)C2)cc1Cl. The van der Waals surface area contributed by atoms with Gasteiger partial charge in [-0.25, -0.2) is 0 Å². The van der Waals surface area contributed by atoms with E-state index in [0.29, 0.717) is 22.9 Å². The number of aromatic nitrogens is 1. The number of nitrogens with zero attached hydrogens (tertiary/aromatic N) is 3. The predicted octanol–water partition coefficient (Wildman–Crippen LogP) is 1.54. The Morgan fingerprint density at radius 1 is 1.40 bits per heavy atom. The minimum absolute atomic E-state index is 0.0388. The van der Waals surface area contributed by atoms with Crippen LogP contribution in [0.4, 0.5) is 5.82 Å². The maximum atomic E-state index is 12.8. The second kappa shape index (κ2) is 9.22. The molecule has 2 heterocycles. The topological polar surface area (TPSA) is 69.7 Å². The van der Waals surface area contributed by atoms with Gasteiger partial charge >= 0.3 is 0 Å². The van der Waals surface area contributed by atoms with E-state index in [2.05, 4.69) is 39.4 Å². The second-order valence-corrected chi connectivity index (χ2v) is 6.64. The summed E-state index contributed by atoms with van der Waals surface area (Å²) in [6.45, 7) is 9.37. The third-order valence-electron chi connectivity index (χ3n) is 4.31. The molecule has 1 aromatic heterocycles. The Morgan fingerprint density at radius 3 is 2.80 bits per heavy atom. The van der Waals surface area contributed by atoms with Crippen LogP contribution in [-0.4, -0.2) is 80.2 Å². The Bertz CT molecular complexity index is 599. The fourth-order valence-corrected chi connectivity index (χ4v) is 3.18. The van der Waals surface area contributed by atoms with Crippen molar-refractivity contribution < 1.29 is 9.53 Å². The van der Waals surface area contributed by atoms with E-state index in [-0.39, 0.29) is 17.8 Å². The molecule has 1 aliphatic rings. The van der Waals surface area contributed by atoms with E-state index in [1.807, 2.05) is 6.92 Å². The van der Waals surface area contributed by atoms with E-state index >= 15 is 0 Å². The Morgan fingerprint density at radius 2 is 2.16 bits per heavy atom. The number of carbonyl (C=O) groups excluding carboxylic acids is 1. The van der Waals surface area contributed by atoms with Gasteiger partial charge in [-0.2, -0.15) is 4.98 Å². The van der Waals surface area contributed by atoms with E-state index in [1.165, 1.54) is 7.11 Å². The molecule has 1 fully saturated rings. The Hall–Kier alpha value is -1.57. The van der Waals surface area contributed by atoms with Crippen LogP contribution < -0.4 is 15.4 Å². The maximum absolute atomic E-state index is 12.8. The van der Waals surface area contributed by atoms with Crippen molar-refractivity contribution in [1.82, 2.24) is 20.1 Å². The van der Waals surface area contributed by atoms with Gasteiger partial charge in [-0.15, -0.1) is 0 Å². The Kier molecular flexibility index (Phi) is 7.28. The standard InChI is InChI=1S/C17H28ClN5O2/c1-5-19-15-14(18)9-13(17(21-15)25-4)16(24)20-12-10-22(3)7-8-23(6-2)11-12/h9,12H,5-8,10-11H2,1-4H3,(H,19,21)(H,20,24). The van der Waals surface area contributed by atoms with Gasteiger partial charge in [0.2, 0.25) is 5.88 Å². The fraction of sp³-hybridized carbons (Fsp3) is 0.647. The van der Waals surface area contributed by atoms with E-state index in [1.54, 1.807) is 6.07 Å². The van der Waals surface area contributed by atoms with E-state index in [9.17, 15) is 4.79 Å². The molecule has 140 valence electrons. The number of carbonyl (C=O) groups is 1. The molecule has 1 amide bonds. The number of anilines is 1. The highest BCUT2D eigenvalue weighted by Crippen LogP contribution is 2.27. The summed E-state index contributed by atoms with van der Waals surface area (Å²) in [4.78, 5) is 21.7. The van der Waals surface area contributed by atoms with Crippen molar-refractivity contribution in [3.63, 3.8) is 0 Å². The summed E-state index contributed by atoms with van der Waals surface area (Å²) in [5, 5.41) is 6.56. The molecule has 2 N–H and O–H groups in total. The van der Waals surface area contributed by atoms with Gasteiger partial charge in [-0.1, -0.05) is 18.5 Å². The first-order chi connectivity index (χ1) is 12.0. The molecule has 0 radical (unpaired) electrons. The van der Waals surface area contributed by atoms with Crippen molar-refractivity contribution in [1.29, 1.82) is 0 Å². The lowest BCUT2D eigenvalue weighted by Gasteiger charge is -2.24. The summed E-state index contributed by atoms with van der Waals surface area (Å²) in [6, 6.07) is 1.65. The molecule has 0 saturated carbocycles. The molecule has 0 aromatic carbocycles. The normalized spacial score (nSPS) is 19.3. The van der Waals surface area contributed by atoms with Gasteiger partial charge in [0.15, 0.2) is 0 Å². The first-order valence-corrected chi connectivity index (χ1v) is 9.06. The van der Waals surface area contributed by atoms with Crippen LogP contribution in [0, 0.1) is 0 Å². The molecule has 0 spiro atoms. The zero-order valence-corrected chi connectivity index (χ0v) is 16.2. The molecular weight excluding hydrogens is 342 g/mol. The quantitative estimate of drug-likeness (QED) is 0.792. The molecule has 0 bridgehead atoms. The lowest BCUT2D eigenvalue weighted by atomic mass is 10.2. The average molecular weight is 370 g/mol. The number of likely N-dealkylation sites (N-methyl/N-ethyl adjacent to an activating group) is 2. The summed E-state index contributed by atoms with van der Waals surface area (Å²) in [5.41, 5.74) is 0.351. The van der Waals surface area contributed by atoms with Crippen LogP contribution in [-0.2, 0) is 0 Å². The van der Waals surface area contributed by atoms with Crippen LogP contribution >= 0.6 is 11.6 Å². The summed E-state index contributed by atoms with van der Waals surface area (Å²) in [7, 11) is 3.57. The average Bonchev–Trinajstić information content (AvgIpc) is 2.77. The molecule has 2 rings (SSSR count). The number of hydrogen-bond acceptors (Lipinski definition) is 6. The number of methoxy groups -OCH3 is 1. The van der Waals surface area contributed by atoms with Gasteiger partial charge in [0.05, 0.1) is 18.2 Å². The van der Waals surface area contributed by atoms with E-state index in [4.69, 9.17) is 16.3 Å². The Labute approximate surface area is 154 Å². The largest absolute Gasteiger partial charge is 0.480 e. The number of amides is 1. The molecule has 25 heavy (non-hydrogen) atoms. The molecule has 1 unspecified atom stereocenters. The zero-order valence-electron chi connectivity index (χ0n) is 15.4. The minimum atomic E-state index is -0.217. The summed E-state index contributed by atoms with van der Waals surface area (Å²) in [5.74, 6) is 0.571. The molecule has 0 aliphatic carbocycles. The lowest BCUT2D eigenvalue weighted by Crippen LogP contribution is -2.46. The highest BCUT2D eigenvalue weighted by molar-refractivity contribution is 6.33. The number of halogens is 1. The van der Waals surface area contributed by atoms with E-state index < -0.39 is 0 Å². The smallest absolute Gasteiger partial charge is 0.257 e. The number of nitrogens with one attached hydrogen (secondary N) is 2. The van der Waals surface area contributed by atoms with E-state index in [0.717, 1.165) is 32.7 Å². The van der Waals surface area contributed by atoms with Crippen molar-refractivity contribution >= 4 is 23.3 Å². The summed E-state index contributed by atoms with van der Waals surface area (Å²) in [6.07, 6.45) is 0. The highest BCUT2D eigenvalue weighted by atomic mass is 35.5. The maximum Gasteiger partial charge on any atom is 0.257 e. The lowest BCUT2D eigenvalue weighted by molar-refractivity contribution is 0.0921. The first-order valence-electron chi connectivity index (χ1n) is 8.68. The van der Waals surface area contributed by atoms with Crippen LogP contribution in [0.2, 0.25) is 5.02 Å². The first kappa shape index (κ1) is 19.8. The number of rotatable bonds is 6. The molecule has 8 heteroatoms. The van der Waals surface area contributed by atoms with Gasteiger partial charge in [0.25, 0.3) is 5.91 Å². The molecule has 1 aromatic rings. The van der Waals surface area contributed by atoms with Crippen molar-refractivity contribution in [2.75, 3.05) is 58.7 Å². The van der Waals surface area contributed by atoms with Crippen LogP contribution in [0.5, 0.6) is 5.88 Å². The fourth-order valence-electron chi connectivity index (χ4n) is 2.96. The Balaban J connectivity index is 2.17. The van der Waals surface area contributed by atoms with Crippen LogP contribution in [0.15, 0.2) is 6.07 Å². The molecule has 1 saturated heterocycles. The van der Waals surface area contributed by atoms with Crippen molar-refractivity contribution in [2.24, 2.45) is 0 Å². The predicted molar refractivity (Wildman–Crippen MR) is 101 cm³/mol. The third kappa shape index (κ3) is 5.20. The molecule has 1 aliphatic heterocycles. The van der Waals surface area contributed by atoms with Crippen molar-refractivity contribution in [2.45, 2.75) is 19.9 Å². The van der Waals surface area contributed by atoms with Crippen LogP contribution in [0.3, 0.4) is 0 Å². The number of ether oxygens (including phenoxy) is 1. The van der Waals surface area contributed by atoms with Gasteiger partial charge in [-0.05, 0) is 26.6 Å². The third-order valence-corrected chi connectivity index (χ3v) is 4.60. The van der Waals surface area contributed by atoms with Crippen molar-refractivity contribution in [3.05, 3.63) is 16.7 Å².